The highest BCUT2D eigenvalue weighted by molar-refractivity contribution is 5.45. The molecular weight excluding hydrogens is 322 g/mol. The van der Waals surface area contributed by atoms with Crippen molar-refractivity contribution in [2.75, 3.05) is 18.0 Å². The molecule has 0 atom stereocenters. The molecule has 130 valence electrons. The van der Waals surface area contributed by atoms with Crippen LogP contribution in [0.25, 0.3) is 0 Å². The fourth-order valence-corrected chi connectivity index (χ4v) is 3.56. The van der Waals surface area contributed by atoms with E-state index in [0.717, 1.165) is 49.6 Å². The van der Waals surface area contributed by atoms with Crippen LogP contribution in [-0.2, 0) is 6.42 Å². The van der Waals surface area contributed by atoms with E-state index >= 15 is 0 Å². The number of aromatic nitrogens is 3. The summed E-state index contributed by atoms with van der Waals surface area (Å²) >= 11 is 0. The number of aromatic amines is 1. The van der Waals surface area contributed by atoms with Gasteiger partial charge in [0.2, 0.25) is 0 Å². The third-order valence-corrected chi connectivity index (χ3v) is 5.00. The Hall–Kier alpha value is -3.13. The van der Waals surface area contributed by atoms with Crippen LogP contribution >= 0.6 is 0 Å². The first kappa shape index (κ1) is 16.3. The Morgan fingerprint density at radius 3 is 2.69 bits per heavy atom. The van der Waals surface area contributed by atoms with Gasteiger partial charge in [-0.3, -0.25) is 5.10 Å². The van der Waals surface area contributed by atoms with Gasteiger partial charge in [-0.25, -0.2) is 4.98 Å². The lowest BCUT2D eigenvalue weighted by Gasteiger charge is -2.32. The van der Waals surface area contributed by atoms with E-state index in [1.54, 1.807) is 12.3 Å². The molecule has 0 amide bonds. The normalized spacial score (nSPS) is 15.0. The lowest BCUT2D eigenvalue weighted by atomic mass is 9.93. The highest BCUT2D eigenvalue weighted by Crippen LogP contribution is 2.29. The highest BCUT2D eigenvalue weighted by Gasteiger charge is 2.23. The van der Waals surface area contributed by atoms with Crippen molar-refractivity contribution in [3.05, 3.63) is 77.2 Å². The number of benzene rings is 1. The number of hydrogen-bond donors (Lipinski definition) is 1. The Labute approximate surface area is 153 Å². The summed E-state index contributed by atoms with van der Waals surface area (Å²) in [5.74, 6) is 1.38. The summed E-state index contributed by atoms with van der Waals surface area (Å²) in [4.78, 5) is 6.67. The molecular formula is C21H21N5. The molecule has 1 N–H and O–H groups in total. The maximum atomic E-state index is 9.05. The minimum atomic E-state index is 0.478. The summed E-state index contributed by atoms with van der Waals surface area (Å²) in [6.45, 7) is 1.88. The molecule has 4 rings (SSSR count). The molecule has 1 saturated heterocycles. The molecule has 2 aromatic heterocycles. The van der Waals surface area contributed by atoms with Crippen molar-refractivity contribution >= 4 is 5.82 Å². The molecule has 1 fully saturated rings. The van der Waals surface area contributed by atoms with Crippen LogP contribution in [0.5, 0.6) is 0 Å². The van der Waals surface area contributed by atoms with Gasteiger partial charge < -0.3 is 4.90 Å². The Kier molecular flexibility index (Phi) is 4.65. The number of H-pyrrole nitrogens is 1. The zero-order valence-corrected chi connectivity index (χ0v) is 14.6. The SMILES string of the molecule is N#Cc1ccnc(N2CCC(c3cc(Cc4ccccc4)[nH]n3)CC2)c1. The largest absolute Gasteiger partial charge is 0.357 e. The van der Waals surface area contributed by atoms with Crippen molar-refractivity contribution < 1.29 is 0 Å². The molecule has 0 bridgehead atoms. The lowest BCUT2D eigenvalue weighted by molar-refractivity contribution is 0.493. The van der Waals surface area contributed by atoms with Gasteiger partial charge in [-0.1, -0.05) is 30.3 Å². The molecule has 5 nitrogen and oxygen atoms in total. The second-order valence-electron chi connectivity index (χ2n) is 6.76. The summed E-state index contributed by atoms with van der Waals surface area (Å²) in [5, 5.41) is 16.8. The number of hydrogen-bond acceptors (Lipinski definition) is 4. The second kappa shape index (κ2) is 7.40. The molecule has 26 heavy (non-hydrogen) atoms. The van der Waals surface area contributed by atoms with Crippen molar-refractivity contribution in [1.82, 2.24) is 15.2 Å². The molecule has 1 aliphatic heterocycles. The summed E-state index contributed by atoms with van der Waals surface area (Å²) in [6.07, 6.45) is 4.70. The quantitative estimate of drug-likeness (QED) is 0.785. The van der Waals surface area contributed by atoms with Crippen molar-refractivity contribution in [1.29, 1.82) is 5.26 Å². The van der Waals surface area contributed by atoms with Crippen LogP contribution < -0.4 is 4.90 Å². The summed E-state index contributed by atoms with van der Waals surface area (Å²) in [7, 11) is 0. The number of pyridine rings is 1. The zero-order chi connectivity index (χ0) is 17.8. The summed E-state index contributed by atoms with van der Waals surface area (Å²) in [5.41, 5.74) is 4.28. The van der Waals surface area contributed by atoms with Gasteiger partial charge >= 0.3 is 0 Å². The predicted octanol–water partition coefficient (Wildman–Crippen LogP) is 3.65. The standard InChI is InChI=1S/C21H21N5/c22-15-17-6-9-23-21(13-17)26-10-7-18(8-11-26)20-14-19(24-25-20)12-16-4-2-1-3-5-16/h1-6,9,13-14,18H,7-8,10-12H2,(H,24,25). The van der Waals surface area contributed by atoms with Gasteiger partial charge in [0.1, 0.15) is 5.82 Å². The van der Waals surface area contributed by atoms with Crippen LogP contribution in [0.15, 0.2) is 54.7 Å². The van der Waals surface area contributed by atoms with Crippen molar-refractivity contribution in [3.8, 4) is 6.07 Å². The Bertz CT molecular complexity index is 901. The van der Waals surface area contributed by atoms with Crippen LogP contribution in [0, 0.1) is 11.3 Å². The van der Waals surface area contributed by atoms with Gasteiger partial charge in [-0.2, -0.15) is 10.4 Å². The van der Waals surface area contributed by atoms with Gasteiger partial charge in [0.25, 0.3) is 0 Å². The third-order valence-electron chi connectivity index (χ3n) is 5.00. The molecule has 3 aromatic rings. The number of anilines is 1. The van der Waals surface area contributed by atoms with Crippen LogP contribution in [0.1, 0.15) is 41.3 Å². The van der Waals surface area contributed by atoms with E-state index in [9.17, 15) is 0 Å². The first-order valence-electron chi connectivity index (χ1n) is 9.01. The summed E-state index contributed by atoms with van der Waals surface area (Å²) < 4.78 is 0. The van der Waals surface area contributed by atoms with E-state index in [1.165, 1.54) is 5.56 Å². The first-order valence-corrected chi connectivity index (χ1v) is 9.01. The molecule has 0 saturated carbocycles. The van der Waals surface area contributed by atoms with E-state index in [4.69, 9.17) is 5.26 Å². The fourth-order valence-electron chi connectivity index (χ4n) is 3.56. The lowest BCUT2D eigenvalue weighted by Crippen LogP contribution is -2.33. The van der Waals surface area contributed by atoms with E-state index in [1.807, 2.05) is 12.1 Å². The third kappa shape index (κ3) is 3.60. The topological polar surface area (TPSA) is 68.6 Å². The highest BCUT2D eigenvalue weighted by atomic mass is 15.2. The molecule has 0 radical (unpaired) electrons. The average Bonchev–Trinajstić information content (AvgIpc) is 3.17. The number of rotatable bonds is 4. The van der Waals surface area contributed by atoms with Gasteiger partial charge in [0, 0.05) is 37.3 Å². The molecule has 1 aliphatic rings. The maximum Gasteiger partial charge on any atom is 0.129 e. The van der Waals surface area contributed by atoms with Gasteiger partial charge in [0.15, 0.2) is 0 Å². The van der Waals surface area contributed by atoms with E-state index in [0.29, 0.717) is 11.5 Å². The minimum Gasteiger partial charge on any atom is -0.357 e. The number of piperidine rings is 1. The van der Waals surface area contributed by atoms with Crippen LogP contribution in [-0.4, -0.2) is 28.3 Å². The number of nitriles is 1. The first-order chi connectivity index (χ1) is 12.8. The predicted molar refractivity (Wildman–Crippen MR) is 101 cm³/mol. The Balaban J connectivity index is 1.38. The summed E-state index contributed by atoms with van der Waals surface area (Å²) in [6, 6.07) is 18.5. The second-order valence-corrected chi connectivity index (χ2v) is 6.76. The van der Waals surface area contributed by atoms with Gasteiger partial charge in [-0.15, -0.1) is 0 Å². The number of nitrogens with zero attached hydrogens (tertiary/aromatic N) is 4. The van der Waals surface area contributed by atoms with E-state index in [-0.39, 0.29) is 0 Å². The van der Waals surface area contributed by atoms with Crippen molar-refractivity contribution in [3.63, 3.8) is 0 Å². The molecule has 0 aliphatic carbocycles. The van der Waals surface area contributed by atoms with Crippen LogP contribution in [0.3, 0.4) is 0 Å². The zero-order valence-electron chi connectivity index (χ0n) is 14.6. The fraction of sp³-hybridized carbons (Fsp3) is 0.286. The average molecular weight is 343 g/mol. The molecule has 3 heterocycles. The van der Waals surface area contributed by atoms with E-state index in [2.05, 4.69) is 56.5 Å². The minimum absolute atomic E-state index is 0.478. The van der Waals surface area contributed by atoms with Gasteiger partial charge in [-0.05, 0) is 36.6 Å². The van der Waals surface area contributed by atoms with E-state index < -0.39 is 0 Å². The van der Waals surface area contributed by atoms with Crippen molar-refractivity contribution in [2.24, 2.45) is 0 Å². The number of nitrogens with one attached hydrogen (secondary N) is 1. The molecule has 1 aromatic carbocycles. The smallest absolute Gasteiger partial charge is 0.129 e. The molecule has 0 unspecified atom stereocenters. The molecule has 5 heteroatoms. The Morgan fingerprint density at radius 1 is 1.12 bits per heavy atom. The van der Waals surface area contributed by atoms with Crippen LogP contribution in [0.4, 0.5) is 5.82 Å². The molecule has 0 spiro atoms. The monoisotopic (exact) mass is 343 g/mol. The van der Waals surface area contributed by atoms with Crippen LogP contribution in [0.2, 0.25) is 0 Å². The van der Waals surface area contributed by atoms with Gasteiger partial charge in [0.05, 0.1) is 17.3 Å². The van der Waals surface area contributed by atoms with Crippen molar-refractivity contribution in [2.45, 2.75) is 25.2 Å². The Morgan fingerprint density at radius 2 is 1.92 bits per heavy atom. The maximum absolute atomic E-state index is 9.05.